The number of imidazole rings is 1. The van der Waals surface area contributed by atoms with Gasteiger partial charge in [0.15, 0.2) is 0 Å². The van der Waals surface area contributed by atoms with Gasteiger partial charge in [0.1, 0.15) is 0 Å². The maximum absolute atomic E-state index is 5.06. The van der Waals surface area contributed by atoms with Crippen LogP contribution in [0.4, 0.5) is 0 Å². The van der Waals surface area contributed by atoms with E-state index in [1.807, 2.05) is 0 Å². The summed E-state index contributed by atoms with van der Waals surface area (Å²) in [5, 5.41) is 0. The first-order chi connectivity index (χ1) is 3.43. The first-order valence-electron chi connectivity index (χ1n) is 1.89. The summed E-state index contributed by atoms with van der Waals surface area (Å²) in [5.41, 5.74) is 0. The van der Waals surface area contributed by atoms with Gasteiger partial charge >= 0.3 is 21.1 Å². The third-order valence-corrected chi connectivity index (χ3v) is 0.636. The van der Waals surface area contributed by atoms with Crippen molar-refractivity contribution in [3.8, 4) is 0 Å². The van der Waals surface area contributed by atoms with Gasteiger partial charge in [-0.15, -0.1) is 0 Å². The van der Waals surface area contributed by atoms with Crippen LogP contribution in [0.3, 0.4) is 0 Å². The van der Waals surface area contributed by atoms with Crippen LogP contribution in [0.1, 0.15) is 0 Å². The molecule has 0 atom stereocenters. The third-order valence-electron chi connectivity index (χ3n) is 0.636. The fourth-order valence-corrected chi connectivity index (χ4v) is 0.322. The van der Waals surface area contributed by atoms with E-state index in [9.17, 15) is 0 Å². The van der Waals surface area contributed by atoms with Crippen LogP contribution >= 0.6 is 0 Å². The van der Waals surface area contributed by atoms with E-state index in [4.69, 9.17) is 6.58 Å². The number of aromatic nitrogens is 2. The zero-order valence-electron chi connectivity index (χ0n) is 4.11. The summed E-state index contributed by atoms with van der Waals surface area (Å²) in [4.78, 5) is 3.62. The molecule has 0 N–H and O–H groups in total. The van der Waals surface area contributed by atoms with Crippen molar-refractivity contribution < 1.29 is 21.1 Å². The van der Waals surface area contributed by atoms with Crippen LogP contribution in [0.15, 0.2) is 12.4 Å². The van der Waals surface area contributed by atoms with Gasteiger partial charge in [-0.2, -0.15) is 0 Å². The zero-order chi connectivity index (χ0) is 5.11. The van der Waals surface area contributed by atoms with Gasteiger partial charge < -0.3 is 16.1 Å². The first-order valence-corrected chi connectivity index (χ1v) is 1.89. The standard InChI is InChI=1S/C5H4N2.W/c1-2-7-4-3-6-5-7;/h1-4H;/q-2;+2. The summed E-state index contributed by atoms with van der Waals surface area (Å²) in [7, 11) is 0. The summed E-state index contributed by atoms with van der Waals surface area (Å²) in [6, 6.07) is 0. The largest absolute Gasteiger partial charge is 2.00 e. The number of rotatable bonds is 1. The maximum atomic E-state index is 5.06. The molecule has 0 aliphatic carbocycles. The number of hydrogen-bond donors (Lipinski definition) is 0. The topological polar surface area (TPSA) is 17.8 Å². The molecule has 0 bridgehead atoms. The van der Waals surface area contributed by atoms with Crippen molar-refractivity contribution in [3.63, 3.8) is 0 Å². The van der Waals surface area contributed by atoms with E-state index in [1.165, 1.54) is 6.20 Å². The van der Waals surface area contributed by atoms with Gasteiger partial charge in [0.05, 0.1) is 0 Å². The van der Waals surface area contributed by atoms with Gasteiger partial charge in [-0.25, -0.2) is 0 Å². The van der Waals surface area contributed by atoms with E-state index in [0.29, 0.717) is 0 Å². The van der Waals surface area contributed by atoms with Crippen LogP contribution in [0, 0.1) is 12.9 Å². The molecule has 0 unspecified atom stereocenters. The third kappa shape index (κ3) is 1.63. The Labute approximate surface area is 62.5 Å². The SMILES string of the molecule is [CH-]=Cn1[c-]ncc1.[W+2]. The van der Waals surface area contributed by atoms with Gasteiger partial charge in [0.2, 0.25) is 0 Å². The molecular formula is C5H4N2W. The van der Waals surface area contributed by atoms with E-state index < -0.39 is 0 Å². The van der Waals surface area contributed by atoms with E-state index in [0.717, 1.165) is 0 Å². The van der Waals surface area contributed by atoms with Crippen molar-refractivity contribution >= 4 is 6.20 Å². The van der Waals surface area contributed by atoms with Gasteiger partial charge in [-0.05, 0) is 0 Å². The molecule has 0 amide bonds. The Morgan fingerprint density at radius 2 is 2.50 bits per heavy atom. The van der Waals surface area contributed by atoms with Crippen LogP contribution in [-0.2, 0) is 21.1 Å². The second kappa shape index (κ2) is 3.62. The van der Waals surface area contributed by atoms with Gasteiger partial charge in [-0.3, -0.25) is 6.20 Å². The molecular weight excluding hydrogens is 272 g/mol. The smallest absolute Gasteiger partial charge is 0.551 e. The average Bonchev–Trinajstić information content (AvgIpc) is 2.14. The molecule has 0 radical (unpaired) electrons. The molecule has 8 heavy (non-hydrogen) atoms. The Balaban J connectivity index is 0.000000490. The zero-order valence-corrected chi connectivity index (χ0v) is 7.05. The van der Waals surface area contributed by atoms with E-state index in [1.54, 1.807) is 17.0 Å². The Hall–Kier alpha value is -0.362. The Morgan fingerprint density at radius 1 is 1.75 bits per heavy atom. The Bertz CT molecular complexity index is 145. The molecule has 0 aliphatic heterocycles. The fourth-order valence-electron chi connectivity index (χ4n) is 0.322. The molecule has 1 heterocycles. The maximum Gasteiger partial charge on any atom is 2.00 e. The van der Waals surface area contributed by atoms with Gasteiger partial charge in [-0.1, -0.05) is 12.4 Å². The van der Waals surface area contributed by atoms with Crippen LogP contribution in [0.25, 0.3) is 6.20 Å². The molecule has 1 aromatic heterocycles. The van der Waals surface area contributed by atoms with Crippen molar-refractivity contribution in [1.82, 2.24) is 9.55 Å². The van der Waals surface area contributed by atoms with Crippen molar-refractivity contribution in [2.24, 2.45) is 0 Å². The second-order valence-electron chi connectivity index (χ2n) is 1.08. The summed E-state index contributed by atoms with van der Waals surface area (Å²) in [5.74, 6) is 0. The predicted molar refractivity (Wildman–Crippen MR) is 26.1 cm³/mol. The molecule has 1 rings (SSSR count). The van der Waals surface area contributed by atoms with Crippen LogP contribution in [0.2, 0.25) is 0 Å². The van der Waals surface area contributed by atoms with Crippen molar-refractivity contribution in [3.05, 3.63) is 25.3 Å². The monoisotopic (exact) mass is 276 g/mol. The summed E-state index contributed by atoms with van der Waals surface area (Å²) in [6.07, 6.45) is 7.28. The molecule has 0 saturated heterocycles. The molecule has 0 spiro atoms. The summed E-state index contributed by atoms with van der Waals surface area (Å²) in [6.45, 7) is 5.06. The second-order valence-corrected chi connectivity index (χ2v) is 1.08. The van der Waals surface area contributed by atoms with E-state index >= 15 is 0 Å². The number of nitrogens with zero attached hydrogens (tertiary/aromatic N) is 2. The van der Waals surface area contributed by atoms with Gasteiger partial charge in [0, 0.05) is 6.33 Å². The van der Waals surface area contributed by atoms with Gasteiger partial charge in [0.25, 0.3) is 0 Å². The Kier molecular flexibility index (Phi) is 3.45. The number of hydrogen-bond acceptors (Lipinski definition) is 1. The minimum Gasteiger partial charge on any atom is -0.551 e. The molecule has 0 saturated carbocycles. The molecule has 2 nitrogen and oxygen atoms in total. The molecule has 1 aromatic rings. The van der Waals surface area contributed by atoms with Crippen molar-refractivity contribution in [2.45, 2.75) is 0 Å². The normalized spacial score (nSPS) is 7.50. The van der Waals surface area contributed by atoms with Crippen LogP contribution in [0.5, 0.6) is 0 Å². The van der Waals surface area contributed by atoms with Crippen molar-refractivity contribution in [2.75, 3.05) is 0 Å². The average molecular weight is 276 g/mol. The first kappa shape index (κ1) is 7.64. The minimum atomic E-state index is 0. The summed E-state index contributed by atoms with van der Waals surface area (Å²) >= 11 is 0. The molecule has 40 valence electrons. The molecule has 3 heteroatoms. The molecule has 0 aliphatic rings. The predicted octanol–water partition coefficient (Wildman–Crippen LogP) is 0.584. The molecule has 0 aromatic carbocycles. The minimum absolute atomic E-state index is 0. The fraction of sp³-hybridized carbons (Fsp3) is 0. The summed E-state index contributed by atoms with van der Waals surface area (Å²) < 4.78 is 1.54. The quantitative estimate of drug-likeness (QED) is 0.686. The van der Waals surface area contributed by atoms with E-state index in [-0.39, 0.29) is 21.1 Å². The Morgan fingerprint density at radius 3 is 2.75 bits per heavy atom. The molecule has 0 fully saturated rings. The van der Waals surface area contributed by atoms with Crippen LogP contribution < -0.4 is 0 Å². The van der Waals surface area contributed by atoms with Crippen molar-refractivity contribution in [1.29, 1.82) is 0 Å². The van der Waals surface area contributed by atoms with E-state index in [2.05, 4.69) is 11.3 Å². The van der Waals surface area contributed by atoms with Crippen LogP contribution in [-0.4, -0.2) is 9.55 Å².